The number of hydrogen-bond acceptors (Lipinski definition) is 3. The van der Waals surface area contributed by atoms with Crippen LogP contribution in [0.1, 0.15) is 19.4 Å². The molecule has 4 heteroatoms. The van der Waals surface area contributed by atoms with Crippen molar-refractivity contribution in [3.63, 3.8) is 0 Å². The van der Waals surface area contributed by atoms with Gasteiger partial charge in [0.15, 0.2) is 0 Å². The topological polar surface area (TPSA) is 29.3 Å². The lowest BCUT2D eigenvalue weighted by Gasteiger charge is -2.37. The third kappa shape index (κ3) is 2.93. The van der Waals surface area contributed by atoms with Crippen molar-refractivity contribution in [3.05, 3.63) is 29.6 Å². The molecular weight excluding hydrogens is 235 g/mol. The Hall–Kier alpha value is -0.740. The smallest absolute Gasteiger partial charge is 0.146 e. The van der Waals surface area contributed by atoms with Crippen LogP contribution in [0.5, 0.6) is 0 Å². The summed E-state index contributed by atoms with van der Waals surface area (Å²) in [6.45, 7) is 6.38. The molecule has 0 spiro atoms. The van der Waals surface area contributed by atoms with Gasteiger partial charge in [0.05, 0.1) is 5.69 Å². The lowest BCUT2D eigenvalue weighted by Crippen LogP contribution is -2.43. The molecule has 1 heterocycles. The molecule has 0 aromatic heterocycles. The Kier molecular flexibility index (Phi) is 3.94. The summed E-state index contributed by atoms with van der Waals surface area (Å²) in [6, 6.07) is 5.65. The monoisotopic (exact) mass is 254 g/mol. The van der Waals surface area contributed by atoms with E-state index in [1.807, 2.05) is 17.8 Å². The molecule has 1 aliphatic rings. The number of nitrogen functional groups attached to an aromatic ring is 1. The van der Waals surface area contributed by atoms with Crippen LogP contribution in [0.2, 0.25) is 0 Å². The van der Waals surface area contributed by atoms with Crippen molar-refractivity contribution in [1.82, 2.24) is 4.90 Å². The third-order valence-corrected chi connectivity index (χ3v) is 4.80. The highest BCUT2D eigenvalue weighted by Gasteiger charge is 2.24. The molecule has 94 valence electrons. The van der Waals surface area contributed by atoms with Gasteiger partial charge in [-0.1, -0.05) is 13.0 Å². The summed E-state index contributed by atoms with van der Waals surface area (Å²) in [5.74, 6) is 0.845. The highest BCUT2D eigenvalue weighted by Crippen LogP contribution is 2.26. The first-order chi connectivity index (χ1) is 8.08. The molecule has 2 rings (SSSR count). The van der Waals surface area contributed by atoms with E-state index in [1.165, 1.54) is 0 Å². The van der Waals surface area contributed by atoms with Gasteiger partial charge in [-0.15, -0.1) is 0 Å². The van der Waals surface area contributed by atoms with E-state index in [2.05, 4.69) is 18.7 Å². The van der Waals surface area contributed by atoms with Crippen molar-refractivity contribution in [1.29, 1.82) is 0 Å². The molecule has 2 N–H and O–H groups in total. The van der Waals surface area contributed by atoms with Gasteiger partial charge < -0.3 is 5.73 Å². The number of rotatable bonds is 2. The number of nitrogens with zero attached hydrogens (tertiary/aromatic N) is 1. The maximum absolute atomic E-state index is 13.4. The highest BCUT2D eigenvalue weighted by atomic mass is 32.2. The number of thioether (sulfide) groups is 1. The normalized spacial score (nSPS) is 26.1. The summed E-state index contributed by atoms with van der Waals surface area (Å²) in [6.07, 6.45) is 0. The third-order valence-electron chi connectivity index (χ3n) is 3.47. The number of nitrogens with two attached hydrogens (primary N) is 1. The van der Waals surface area contributed by atoms with E-state index in [0.29, 0.717) is 11.3 Å². The molecule has 2 nitrogen and oxygen atoms in total. The molecule has 0 bridgehead atoms. The first kappa shape index (κ1) is 12.7. The van der Waals surface area contributed by atoms with Crippen LogP contribution < -0.4 is 5.73 Å². The average Bonchev–Trinajstić information content (AvgIpc) is 2.30. The van der Waals surface area contributed by atoms with Crippen molar-refractivity contribution in [2.45, 2.75) is 31.7 Å². The van der Waals surface area contributed by atoms with Gasteiger partial charge in [-0.2, -0.15) is 11.8 Å². The van der Waals surface area contributed by atoms with Gasteiger partial charge in [0, 0.05) is 30.1 Å². The van der Waals surface area contributed by atoms with Crippen LogP contribution in [0.25, 0.3) is 0 Å². The summed E-state index contributed by atoms with van der Waals surface area (Å²) in [7, 11) is 0. The summed E-state index contributed by atoms with van der Waals surface area (Å²) in [4.78, 5) is 2.41. The first-order valence-electron chi connectivity index (χ1n) is 5.97. The SMILES string of the molecule is CC1SCCN(Cc2ccc(N)c(F)c2)C1C. The zero-order valence-corrected chi connectivity index (χ0v) is 11.1. The van der Waals surface area contributed by atoms with E-state index in [0.717, 1.165) is 24.4 Å². The zero-order valence-electron chi connectivity index (χ0n) is 10.3. The van der Waals surface area contributed by atoms with Crippen LogP contribution in [0.15, 0.2) is 18.2 Å². The van der Waals surface area contributed by atoms with Crippen LogP contribution in [0.4, 0.5) is 10.1 Å². The fourth-order valence-corrected chi connectivity index (χ4v) is 3.28. The molecule has 1 aromatic rings. The van der Waals surface area contributed by atoms with Crippen molar-refractivity contribution in [3.8, 4) is 0 Å². The molecule has 1 saturated heterocycles. The summed E-state index contributed by atoms with van der Waals surface area (Å²) < 4.78 is 13.4. The highest BCUT2D eigenvalue weighted by molar-refractivity contribution is 8.00. The van der Waals surface area contributed by atoms with E-state index < -0.39 is 0 Å². The first-order valence-corrected chi connectivity index (χ1v) is 7.02. The van der Waals surface area contributed by atoms with E-state index >= 15 is 0 Å². The van der Waals surface area contributed by atoms with E-state index in [1.54, 1.807) is 12.1 Å². The Morgan fingerprint density at radius 3 is 2.94 bits per heavy atom. The fourth-order valence-electron chi connectivity index (χ4n) is 2.12. The van der Waals surface area contributed by atoms with Crippen molar-refractivity contribution < 1.29 is 4.39 Å². The summed E-state index contributed by atoms with van der Waals surface area (Å²) in [5.41, 5.74) is 6.71. The Morgan fingerprint density at radius 2 is 2.24 bits per heavy atom. The van der Waals surface area contributed by atoms with Gasteiger partial charge in [-0.3, -0.25) is 4.90 Å². The minimum atomic E-state index is -0.311. The lowest BCUT2D eigenvalue weighted by atomic mass is 10.1. The Balaban J connectivity index is 2.07. The van der Waals surface area contributed by atoms with Gasteiger partial charge in [0.1, 0.15) is 5.82 Å². The lowest BCUT2D eigenvalue weighted by molar-refractivity contribution is 0.204. The second-order valence-corrected chi connectivity index (χ2v) is 6.13. The van der Waals surface area contributed by atoms with Gasteiger partial charge in [0.2, 0.25) is 0 Å². The Labute approximate surface area is 106 Å². The molecule has 2 atom stereocenters. The zero-order chi connectivity index (χ0) is 12.4. The molecule has 0 amide bonds. The van der Waals surface area contributed by atoms with Gasteiger partial charge in [-0.25, -0.2) is 4.39 Å². The molecule has 1 aliphatic heterocycles. The second-order valence-electron chi connectivity index (χ2n) is 4.64. The van der Waals surface area contributed by atoms with Crippen LogP contribution in [0.3, 0.4) is 0 Å². The van der Waals surface area contributed by atoms with E-state index in [-0.39, 0.29) is 11.5 Å². The predicted molar refractivity (Wildman–Crippen MR) is 72.6 cm³/mol. The molecule has 2 unspecified atom stereocenters. The molecular formula is C13H19FN2S. The van der Waals surface area contributed by atoms with Gasteiger partial charge in [0.25, 0.3) is 0 Å². The van der Waals surface area contributed by atoms with Gasteiger partial charge >= 0.3 is 0 Å². The molecule has 0 saturated carbocycles. The van der Waals surface area contributed by atoms with E-state index in [4.69, 9.17) is 5.73 Å². The Bertz CT molecular complexity index is 397. The van der Waals surface area contributed by atoms with Crippen molar-refractivity contribution >= 4 is 17.4 Å². The minimum absolute atomic E-state index is 0.226. The maximum atomic E-state index is 13.4. The number of benzene rings is 1. The van der Waals surface area contributed by atoms with Crippen molar-refractivity contribution in [2.75, 3.05) is 18.0 Å². The standard InChI is InChI=1S/C13H19FN2S/c1-9-10(2)17-6-5-16(9)8-11-3-4-13(15)12(14)7-11/h3-4,7,9-10H,5-6,8,15H2,1-2H3. The molecule has 0 radical (unpaired) electrons. The summed E-state index contributed by atoms with van der Waals surface area (Å²) in [5, 5.41) is 0.641. The van der Waals surface area contributed by atoms with Crippen molar-refractivity contribution in [2.24, 2.45) is 0 Å². The quantitative estimate of drug-likeness (QED) is 0.823. The number of anilines is 1. The number of hydrogen-bond donors (Lipinski definition) is 1. The molecule has 17 heavy (non-hydrogen) atoms. The summed E-state index contributed by atoms with van der Waals surface area (Å²) >= 11 is 2.01. The van der Waals surface area contributed by atoms with Crippen LogP contribution in [-0.2, 0) is 6.54 Å². The molecule has 1 aromatic carbocycles. The van der Waals surface area contributed by atoms with Crippen LogP contribution in [-0.4, -0.2) is 28.5 Å². The predicted octanol–water partition coefficient (Wildman–Crippen LogP) is 2.73. The maximum Gasteiger partial charge on any atom is 0.146 e. The molecule has 1 fully saturated rings. The van der Waals surface area contributed by atoms with Crippen LogP contribution >= 0.6 is 11.8 Å². The molecule has 0 aliphatic carbocycles. The van der Waals surface area contributed by atoms with E-state index in [9.17, 15) is 4.39 Å². The second kappa shape index (κ2) is 5.27. The Morgan fingerprint density at radius 1 is 1.47 bits per heavy atom. The minimum Gasteiger partial charge on any atom is -0.396 e. The average molecular weight is 254 g/mol. The fraction of sp³-hybridized carbons (Fsp3) is 0.538. The number of halogens is 1. The largest absolute Gasteiger partial charge is 0.396 e. The van der Waals surface area contributed by atoms with Gasteiger partial charge in [-0.05, 0) is 24.6 Å². The van der Waals surface area contributed by atoms with Crippen LogP contribution in [0, 0.1) is 5.82 Å².